The normalized spacial score (nSPS) is 11.4. The Kier molecular flexibility index (Phi) is 6.98. The standard InChI is InChI=1S/C19H22N2O4/c1-24-18(22)17(20)11-15-8-5-9-16(10-15)12-21-19(23)25-13-14-6-3-2-4-7-14/h2-10,17H,11-13,20H2,1H3,(H,21,23)/t17-/m0/s1. The van der Waals surface area contributed by atoms with Gasteiger partial charge in [0.25, 0.3) is 0 Å². The molecular weight excluding hydrogens is 320 g/mol. The van der Waals surface area contributed by atoms with Gasteiger partial charge in [0.2, 0.25) is 0 Å². The first-order valence-corrected chi connectivity index (χ1v) is 7.94. The molecule has 0 aromatic heterocycles. The van der Waals surface area contributed by atoms with E-state index >= 15 is 0 Å². The summed E-state index contributed by atoms with van der Waals surface area (Å²) in [6.45, 7) is 0.551. The van der Waals surface area contributed by atoms with Crippen molar-refractivity contribution in [1.29, 1.82) is 0 Å². The highest BCUT2D eigenvalue weighted by Gasteiger charge is 2.14. The summed E-state index contributed by atoms with van der Waals surface area (Å²) >= 11 is 0. The molecule has 0 heterocycles. The van der Waals surface area contributed by atoms with E-state index in [-0.39, 0.29) is 6.61 Å². The number of hydrogen-bond acceptors (Lipinski definition) is 5. The van der Waals surface area contributed by atoms with E-state index in [1.54, 1.807) is 0 Å². The lowest BCUT2D eigenvalue weighted by Gasteiger charge is -2.11. The first-order valence-electron chi connectivity index (χ1n) is 7.94. The molecule has 25 heavy (non-hydrogen) atoms. The van der Waals surface area contributed by atoms with Crippen molar-refractivity contribution in [2.75, 3.05) is 7.11 Å². The molecule has 2 rings (SSSR count). The molecule has 0 spiro atoms. The summed E-state index contributed by atoms with van der Waals surface area (Å²) in [4.78, 5) is 23.2. The van der Waals surface area contributed by atoms with Crippen molar-refractivity contribution in [3.8, 4) is 0 Å². The summed E-state index contributed by atoms with van der Waals surface area (Å²) < 4.78 is 9.78. The van der Waals surface area contributed by atoms with Crippen molar-refractivity contribution in [2.45, 2.75) is 25.6 Å². The number of carbonyl (C=O) groups is 2. The Balaban J connectivity index is 1.81. The van der Waals surface area contributed by atoms with Crippen molar-refractivity contribution < 1.29 is 19.1 Å². The maximum Gasteiger partial charge on any atom is 0.407 e. The van der Waals surface area contributed by atoms with Crippen molar-refractivity contribution in [3.63, 3.8) is 0 Å². The highest BCUT2D eigenvalue weighted by molar-refractivity contribution is 5.75. The molecule has 132 valence electrons. The Morgan fingerprint density at radius 2 is 1.72 bits per heavy atom. The molecule has 0 unspecified atom stereocenters. The largest absolute Gasteiger partial charge is 0.468 e. The molecule has 0 bridgehead atoms. The Bertz CT molecular complexity index is 704. The van der Waals surface area contributed by atoms with Crippen LogP contribution < -0.4 is 11.1 Å². The Morgan fingerprint density at radius 1 is 1.04 bits per heavy atom. The van der Waals surface area contributed by atoms with E-state index in [0.717, 1.165) is 16.7 Å². The maximum absolute atomic E-state index is 11.8. The number of alkyl carbamates (subject to hydrolysis) is 1. The van der Waals surface area contributed by atoms with E-state index in [1.807, 2.05) is 54.6 Å². The molecule has 6 heteroatoms. The first kappa shape index (κ1) is 18.5. The Labute approximate surface area is 146 Å². The number of ether oxygens (including phenoxy) is 2. The molecule has 3 N–H and O–H groups in total. The minimum absolute atomic E-state index is 0.223. The van der Waals surface area contributed by atoms with Gasteiger partial charge in [-0.25, -0.2) is 4.79 Å². The fraction of sp³-hybridized carbons (Fsp3) is 0.263. The predicted octanol–water partition coefficient (Wildman–Crippen LogP) is 2.16. The lowest BCUT2D eigenvalue weighted by Crippen LogP contribution is -2.33. The average Bonchev–Trinajstić information content (AvgIpc) is 2.65. The number of methoxy groups -OCH3 is 1. The van der Waals surface area contributed by atoms with Crippen LogP contribution in [0.1, 0.15) is 16.7 Å². The lowest BCUT2D eigenvalue weighted by atomic mass is 10.0. The predicted molar refractivity (Wildman–Crippen MR) is 93.6 cm³/mol. The Hall–Kier alpha value is -2.86. The van der Waals surface area contributed by atoms with Crippen LogP contribution in [-0.4, -0.2) is 25.2 Å². The van der Waals surface area contributed by atoms with Gasteiger partial charge in [-0.15, -0.1) is 0 Å². The quantitative estimate of drug-likeness (QED) is 0.753. The first-order chi connectivity index (χ1) is 12.1. The highest BCUT2D eigenvalue weighted by atomic mass is 16.5. The third-order valence-electron chi connectivity index (χ3n) is 3.60. The van der Waals surface area contributed by atoms with Gasteiger partial charge in [-0.3, -0.25) is 4.79 Å². The average molecular weight is 342 g/mol. The van der Waals surface area contributed by atoms with Gasteiger partial charge in [-0.1, -0.05) is 54.6 Å². The number of nitrogens with one attached hydrogen (secondary N) is 1. The zero-order valence-corrected chi connectivity index (χ0v) is 14.1. The van der Waals surface area contributed by atoms with Gasteiger partial charge >= 0.3 is 12.1 Å². The van der Waals surface area contributed by atoms with Crippen LogP contribution >= 0.6 is 0 Å². The fourth-order valence-electron chi connectivity index (χ4n) is 2.30. The molecule has 0 saturated carbocycles. The topological polar surface area (TPSA) is 90.6 Å². The number of hydrogen-bond donors (Lipinski definition) is 2. The smallest absolute Gasteiger partial charge is 0.407 e. The van der Waals surface area contributed by atoms with E-state index in [4.69, 9.17) is 10.5 Å². The van der Waals surface area contributed by atoms with E-state index in [2.05, 4.69) is 10.1 Å². The maximum atomic E-state index is 11.8. The highest BCUT2D eigenvalue weighted by Crippen LogP contribution is 2.08. The molecular formula is C19H22N2O4. The lowest BCUT2D eigenvalue weighted by molar-refractivity contribution is -0.142. The van der Waals surface area contributed by atoms with Crippen LogP contribution in [0.25, 0.3) is 0 Å². The monoisotopic (exact) mass is 342 g/mol. The van der Waals surface area contributed by atoms with Gasteiger partial charge in [-0.05, 0) is 23.1 Å². The van der Waals surface area contributed by atoms with Gasteiger partial charge < -0.3 is 20.5 Å². The molecule has 0 radical (unpaired) electrons. The molecule has 2 aromatic rings. The van der Waals surface area contributed by atoms with Crippen molar-refractivity contribution >= 4 is 12.1 Å². The number of amides is 1. The van der Waals surface area contributed by atoms with Crippen LogP contribution in [0.2, 0.25) is 0 Å². The van der Waals surface area contributed by atoms with E-state index in [9.17, 15) is 9.59 Å². The van der Waals surface area contributed by atoms with Gasteiger partial charge in [0.1, 0.15) is 12.6 Å². The molecule has 0 fully saturated rings. The number of benzene rings is 2. The van der Waals surface area contributed by atoms with Crippen LogP contribution in [0, 0.1) is 0 Å². The molecule has 0 aliphatic rings. The second-order valence-corrected chi connectivity index (χ2v) is 5.57. The van der Waals surface area contributed by atoms with E-state index in [1.165, 1.54) is 7.11 Å². The number of rotatable bonds is 7. The third-order valence-corrected chi connectivity index (χ3v) is 3.60. The van der Waals surface area contributed by atoms with Crippen LogP contribution in [0.3, 0.4) is 0 Å². The van der Waals surface area contributed by atoms with Gasteiger partial charge in [0, 0.05) is 6.54 Å². The zero-order valence-electron chi connectivity index (χ0n) is 14.1. The van der Waals surface area contributed by atoms with E-state index < -0.39 is 18.1 Å². The number of carbonyl (C=O) groups excluding carboxylic acids is 2. The number of esters is 1. The molecule has 1 atom stereocenters. The second kappa shape index (κ2) is 9.44. The van der Waals surface area contributed by atoms with Crippen molar-refractivity contribution in [3.05, 3.63) is 71.3 Å². The molecule has 2 aromatic carbocycles. The molecule has 0 saturated heterocycles. The summed E-state index contributed by atoms with van der Waals surface area (Å²) in [6, 6.07) is 16.3. The van der Waals surface area contributed by atoms with Crippen molar-refractivity contribution in [1.82, 2.24) is 5.32 Å². The minimum Gasteiger partial charge on any atom is -0.468 e. The van der Waals surface area contributed by atoms with Crippen LogP contribution in [0.5, 0.6) is 0 Å². The van der Waals surface area contributed by atoms with Crippen LogP contribution in [-0.2, 0) is 33.8 Å². The fourth-order valence-corrected chi connectivity index (χ4v) is 2.30. The molecule has 0 aliphatic heterocycles. The number of nitrogens with two attached hydrogens (primary N) is 1. The SMILES string of the molecule is COC(=O)[C@@H](N)Cc1cccc(CNC(=O)OCc2ccccc2)c1. The molecule has 0 aliphatic carbocycles. The summed E-state index contributed by atoms with van der Waals surface area (Å²) in [5.74, 6) is -0.451. The zero-order chi connectivity index (χ0) is 18.1. The van der Waals surface area contributed by atoms with E-state index in [0.29, 0.717) is 13.0 Å². The van der Waals surface area contributed by atoms with Crippen molar-refractivity contribution in [2.24, 2.45) is 5.73 Å². The summed E-state index contributed by atoms with van der Waals surface area (Å²) in [5.41, 5.74) is 8.48. The summed E-state index contributed by atoms with van der Waals surface area (Å²) in [6.07, 6.45) is -0.112. The van der Waals surface area contributed by atoms with Crippen LogP contribution in [0.4, 0.5) is 4.79 Å². The molecule has 6 nitrogen and oxygen atoms in total. The third kappa shape index (κ3) is 6.27. The van der Waals surface area contributed by atoms with Gasteiger partial charge in [0.15, 0.2) is 0 Å². The van der Waals surface area contributed by atoms with Gasteiger partial charge in [0.05, 0.1) is 7.11 Å². The summed E-state index contributed by atoms with van der Waals surface area (Å²) in [5, 5.41) is 2.70. The Morgan fingerprint density at radius 3 is 2.44 bits per heavy atom. The molecule has 1 amide bonds. The van der Waals surface area contributed by atoms with Gasteiger partial charge in [-0.2, -0.15) is 0 Å². The minimum atomic E-state index is -0.705. The van der Waals surface area contributed by atoms with Crippen LogP contribution in [0.15, 0.2) is 54.6 Å². The summed E-state index contributed by atoms with van der Waals surface area (Å²) in [7, 11) is 1.31. The second-order valence-electron chi connectivity index (χ2n) is 5.57.